The summed E-state index contributed by atoms with van der Waals surface area (Å²) in [6, 6.07) is 4.00. The minimum atomic E-state index is -2.13. The molecule has 1 unspecified atom stereocenters. The number of ether oxygens (including phenoxy) is 1. The average Bonchev–Trinajstić information content (AvgIpc) is 2.27. The minimum absolute atomic E-state index is 0.0554. The Balaban J connectivity index is 2.88. The molecule has 4 nitrogen and oxygen atoms in total. The Hall–Kier alpha value is -1.96. The molecule has 0 saturated carbocycles. The Bertz CT molecular complexity index is 369. The van der Waals surface area contributed by atoms with Crippen molar-refractivity contribution in [1.82, 2.24) is 4.98 Å². The Labute approximate surface area is 79.9 Å². The topological polar surface area (TPSA) is 63.0 Å². The summed E-state index contributed by atoms with van der Waals surface area (Å²) in [6.45, 7) is 0. The molecule has 0 aliphatic carbocycles. The van der Waals surface area contributed by atoms with Crippen LogP contribution >= 0.6 is 0 Å². The second-order valence-corrected chi connectivity index (χ2v) is 2.45. The van der Waals surface area contributed by atoms with E-state index in [-0.39, 0.29) is 5.56 Å². The van der Waals surface area contributed by atoms with Crippen LogP contribution in [0.4, 0.5) is 4.39 Å². The molecule has 14 heavy (non-hydrogen) atoms. The van der Waals surface area contributed by atoms with Crippen LogP contribution < -0.4 is 4.74 Å². The molecule has 0 saturated heterocycles. The molecule has 0 amide bonds. The third-order valence-corrected chi connectivity index (χ3v) is 1.57. The molecule has 0 bridgehead atoms. The molecule has 1 atom stereocenters. The summed E-state index contributed by atoms with van der Waals surface area (Å²) in [6.07, 6.45) is -0.962. The van der Waals surface area contributed by atoms with E-state index in [9.17, 15) is 9.18 Å². The van der Waals surface area contributed by atoms with Crippen LogP contribution in [0.2, 0.25) is 0 Å². The zero-order valence-corrected chi connectivity index (χ0v) is 7.40. The molecule has 0 aliphatic heterocycles. The van der Waals surface area contributed by atoms with Crippen molar-refractivity contribution in [2.24, 2.45) is 0 Å². The van der Waals surface area contributed by atoms with Crippen molar-refractivity contribution in [3.05, 3.63) is 23.9 Å². The summed E-state index contributed by atoms with van der Waals surface area (Å²) in [5.74, 6) is -0.559. The number of carbonyl (C=O) groups excluding carboxylic acids is 1. The third-order valence-electron chi connectivity index (χ3n) is 1.57. The van der Waals surface area contributed by atoms with E-state index >= 15 is 0 Å². The van der Waals surface area contributed by atoms with Crippen molar-refractivity contribution in [1.29, 1.82) is 5.26 Å². The standard InChI is InChI=1S/C9H7FN2O2/c1-14-8-3-2-6(5-12-8)9(13)7(10)4-11/h2-3,5,7H,1H3. The molecule has 1 heterocycles. The van der Waals surface area contributed by atoms with Crippen LogP contribution in [-0.4, -0.2) is 24.0 Å². The van der Waals surface area contributed by atoms with Crippen LogP contribution in [0.15, 0.2) is 18.3 Å². The van der Waals surface area contributed by atoms with E-state index < -0.39 is 12.0 Å². The summed E-state index contributed by atoms with van der Waals surface area (Å²) in [5.41, 5.74) is 0.0554. The molecular formula is C9H7FN2O2. The third kappa shape index (κ3) is 2.04. The molecule has 5 heteroatoms. The number of nitriles is 1. The van der Waals surface area contributed by atoms with Gasteiger partial charge in [0.05, 0.1) is 7.11 Å². The predicted molar refractivity (Wildman–Crippen MR) is 45.6 cm³/mol. The largest absolute Gasteiger partial charge is 0.481 e. The minimum Gasteiger partial charge on any atom is -0.481 e. The Kier molecular flexibility index (Phi) is 3.13. The predicted octanol–water partition coefficient (Wildman–Crippen LogP) is 1.13. The quantitative estimate of drug-likeness (QED) is 0.676. The maximum Gasteiger partial charge on any atom is 0.248 e. The number of hydrogen-bond donors (Lipinski definition) is 0. The Morgan fingerprint density at radius 1 is 1.71 bits per heavy atom. The van der Waals surface area contributed by atoms with E-state index in [1.165, 1.54) is 31.5 Å². The van der Waals surface area contributed by atoms with Crippen LogP contribution in [0, 0.1) is 11.3 Å². The fraction of sp³-hybridized carbons (Fsp3) is 0.222. The van der Waals surface area contributed by atoms with Gasteiger partial charge in [-0.15, -0.1) is 0 Å². The lowest BCUT2D eigenvalue weighted by Gasteiger charge is -2.00. The monoisotopic (exact) mass is 194 g/mol. The summed E-state index contributed by atoms with van der Waals surface area (Å²) < 4.78 is 17.4. The van der Waals surface area contributed by atoms with Crippen molar-refractivity contribution in [2.45, 2.75) is 6.17 Å². The lowest BCUT2D eigenvalue weighted by Crippen LogP contribution is -2.13. The van der Waals surface area contributed by atoms with Gasteiger partial charge in [0.25, 0.3) is 0 Å². The highest BCUT2D eigenvalue weighted by atomic mass is 19.1. The lowest BCUT2D eigenvalue weighted by molar-refractivity contribution is 0.0918. The molecule has 0 N–H and O–H groups in total. The highest BCUT2D eigenvalue weighted by molar-refractivity contribution is 6.00. The van der Waals surface area contributed by atoms with Crippen molar-refractivity contribution in [3.63, 3.8) is 0 Å². The molecular weight excluding hydrogens is 187 g/mol. The van der Waals surface area contributed by atoms with Gasteiger partial charge in [0.15, 0.2) is 0 Å². The van der Waals surface area contributed by atoms with Gasteiger partial charge < -0.3 is 4.74 Å². The second kappa shape index (κ2) is 4.33. The lowest BCUT2D eigenvalue weighted by atomic mass is 10.1. The molecule has 1 aromatic rings. The van der Waals surface area contributed by atoms with Gasteiger partial charge in [0, 0.05) is 17.8 Å². The number of ketones is 1. The average molecular weight is 194 g/mol. The Morgan fingerprint density at radius 3 is 2.86 bits per heavy atom. The number of rotatable bonds is 3. The summed E-state index contributed by atoms with van der Waals surface area (Å²) >= 11 is 0. The molecule has 0 spiro atoms. The summed E-state index contributed by atoms with van der Waals surface area (Å²) in [5, 5.41) is 8.18. The molecule has 0 fully saturated rings. The van der Waals surface area contributed by atoms with Gasteiger partial charge in [-0.05, 0) is 6.07 Å². The fourth-order valence-corrected chi connectivity index (χ4v) is 0.852. The molecule has 0 radical (unpaired) electrons. The first kappa shape index (κ1) is 10.1. The number of nitrogens with zero attached hydrogens (tertiary/aromatic N) is 2. The van der Waals surface area contributed by atoms with Crippen LogP contribution in [0.3, 0.4) is 0 Å². The first-order chi connectivity index (χ1) is 6.69. The maximum absolute atomic E-state index is 12.6. The number of pyridine rings is 1. The highest BCUT2D eigenvalue weighted by Crippen LogP contribution is 2.09. The number of carbonyl (C=O) groups is 1. The van der Waals surface area contributed by atoms with Gasteiger partial charge in [0.2, 0.25) is 17.8 Å². The van der Waals surface area contributed by atoms with Gasteiger partial charge >= 0.3 is 0 Å². The normalized spacial score (nSPS) is 11.5. The molecule has 1 aromatic heterocycles. The van der Waals surface area contributed by atoms with Gasteiger partial charge in [-0.3, -0.25) is 4.79 Å². The van der Waals surface area contributed by atoms with Gasteiger partial charge in [-0.2, -0.15) is 5.26 Å². The number of Topliss-reactive ketones (excluding diaryl/α,β-unsaturated/α-hetero) is 1. The van der Waals surface area contributed by atoms with E-state index in [4.69, 9.17) is 10.00 Å². The second-order valence-electron chi connectivity index (χ2n) is 2.45. The van der Waals surface area contributed by atoms with Crippen molar-refractivity contribution in [3.8, 4) is 11.9 Å². The van der Waals surface area contributed by atoms with Crippen molar-refractivity contribution >= 4 is 5.78 Å². The molecule has 72 valence electrons. The zero-order valence-electron chi connectivity index (χ0n) is 7.40. The first-order valence-corrected chi connectivity index (χ1v) is 3.77. The van der Waals surface area contributed by atoms with Crippen molar-refractivity contribution in [2.75, 3.05) is 7.11 Å². The molecule has 1 rings (SSSR count). The van der Waals surface area contributed by atoms with Gasteiger partial charge in [-0.1, -0.05) is 0 Å². The van der Waals surface area contributed by atoms with E-state index in [1.54, 1.807) is 0 Å². The van der Waals surface area contributed by atoms with E-state index in [1.807, 2.05) is 0 Å². The van der Waals surface area contributed by atoms with Crippen LogP contribution in [0.5, 0.6) is 5.88 Å². The number of aromatic nitrogens is 1. The molecule has 0 aliphatic rings. The summed E-state index contributed by atoms with van der Waals surface area (Å²) in [7, 11) is 1.43. The van der Waals surface area contributed by atoms with E-state index in [0.717, 1.165) is 0 Å². The number of methoxy groups -OCH3 is 1. The van der Waals surface area contributed by atoms with Gasteiger partial charge in [-0.25, -0.2) is 9.37 Å². The number of alkyl halides is 1. The number of hydrogen-bond acceptors (Lipinski definition) is 4. The maximum atomic E-state index is 12.6. The van der Waals surface area contributed by atoms with E-state index in [2.05, 4.69) is 4.98 Å². The van der Waals surface area contributed by atoms with E-state index in [0.29, 0.717) is 5.88 Å². The van der Waals surface area contributed by atoms with Gasteiger partial charge in [0.1, 0.15) is 6.07 Å². The van der Waals surface area contributed by atoms with Crippen LogP contribution in [0.25, 0.3) is 0 Å². The highest BCUT2D eigenvalue weighted by Gasteiger charge is 2.18. The first-order valence-electron chi connectivity index (χ1n) is 3.77. The van der Waals surface area contributed by atoms with Crippen LogP contribution in [-0.2, 0) is 0 Å². The summed E-state index contributed by atoms with van der Waals surface area (Å²) in [4.78, 5) is 14.8. The Morgan fingerprint density at radius 2 is 2.43 bits per heavy atom. The molecule has 0 aromatic carbocycles. The number of halogens is 1. The fourth-order valence-electron chi connectivity index (χ4n) is 0.852. The van der Waals surface area contributed by atoms with Crippen molar-refractivity contribution < 1.29 is 13.9 Å². The smallest absolute Gasteiger partial charge is 0.248 e. The SMILES string of the molecule is COc1ccc(C(=O)C(F)C#N)cn1. The zero-order chi connectivity index (χ0) is 10.6. The van der Waals surface area contributed by atoms with Crippen LogP contribution in [0.1, 0.15) is 10.4 Å².